The van der Waals surface area contributed by atoms with Crippen LogP contribution in [0.4, 0.5) is 5.82 Å². The second kappa shape index (κ2) is 7.28. The first-order valence-electron chi connectivity index (χ1n) is 7.16. The van der Waals surface area contributed by atoms with Gasteiger partial charge in [-0.3, -0.25) is 0 Å². The van der Waals surface area contributed by atoms with Gasteiger partial charge in [-0.15, -0.1) is 0 Å². The van der Waals surface area contributed by atoms with E-state index < -0.39 is 0 Å². The molecule has 1 heterocycles. The van der Waals surface area contributed by atoms with Crippen LogP contribution in [0.25, 0.3) is 0 Å². The topological polar surface area (TPSA) is 67.3 Å². The Kier molecular flexibility index (Phi) is 5.39. The van der Waals surface area contributed by atoms with Gasteiger partial charge in [-0.1, -0.05) is 19.8 Å². The number of nitrogens with one attached hydrogen (secondary N) is 1. The zero-order valence-corrected chi connectivity index (χ0v) is 11.5. The van der Waals surface area contributed by atoms with Crippen LogP contribution in [-0.4, -0.2) is 34.3 Å². The van der Waals surface area contributed by atoms with Crippen LogP contribution in [0.1, 0.15) is 39.0 Å². The number of rotatable bonds is 6. The van der Waals surface area contributed by atoms with Crippen LogP contribution >= 0.6 is 0 Å². The summed E-state index contributed by atoms with van der Waals surface area (Å²) in [6.45, 7) is 3.48. The molecule has 5 nitrogen and oxygen atoms in total. The van der Waals surface area contributed by atoms with Crippen molar-refractivity contribution in [1.82, 2.24) is 9.97 Å². The van der Waals surface area contributed by atoms with Gasteiger partial charge in [-0.05, 0) is 19.3 Å². The maximum Gasteiger partial charge on any atom is 0.218 e. The minimum absolute atomic E-state index is 0.182. The highest BCUT2D eigenvalue weighted by Crippen LogP contribution is 2.24. The highest BCUT2D eigenvalue weighted by atomic mass is 16.5. The van der Waals surface area contributed by atoms with Gasteiger partial charge in [0.2, 0.25) is 5.88 Å². The van der Waals surface area contributed by atoms with Gasteiger partial charge in [-0.25, -0.2) is 9.97 Å². The van der Waals surface area contributed by atoms with Crippen molar-refractivity contribution in [2.24, 2.45) is 5.92 Å². The Morgan fingerprint density at radius 1 is 1.37 bits per heavy atom. The van der Waals surface area contributed by atoms with E-state index in [9.17, 15) is 5.11 Å². The third-order valence-electron chi connectivity index (χ3n) is 3.51. The normalized spacial score (nSPS) is 23.1. The lowest BCUT2D eigenvalue weighted by molar-refractivity contribution is 0.0763. The number of aromatic nitrogens is 2. The third kappa shape index (κ3) is 4.35. The molecule has 0 amide bonds. The fourth-order valence-corrected chi connectivity index (χ4v) is 2.38. The number of aliphatic hydroxyl groups excluding tert-OH is 1. The zero-order chi connectivity index (χ0) is 13.5. The van der Waals surface area contributed by atoms with Gasteiger partial charge < -0.3 is 15.2 Å². The molecule has 1 fully saturated rings. The van der Waals surface area contributed by atoms with Crippen LogP contribution in [-0.2, 0) is 0 Å². The quantitative estimate of drug-likeness (QED) is 0.825. The van der Waals surface area contributed by atoms with Crippen molar-refractivity contribution in [3.05, 3.63) is 12.4 Å². The number of hydrogen-bond donors (Lipinski definition) is 2. The Labute approximate surface area is 114 Å². The van der Waals surface area contributed by atoms with E-state index in [-0.39, 0.29) is 6.10 Å². The Balaban J connectivity index is 1.84. The lowest BCUT2D eigenvalue weighted by Gasteiger charge is -2.27. The largest absolute Gasteiger partial charge is 0.478 e. The molecule has 0 spiro atoms. The molecule has 2 atom stereocenters. The number of aliphatic hydroxyl groups is 1. The van der Waals surface area contributed by atoms with Crippen LogP contribution < -0.4 is 10.1 Å². The molecular formula is C14H23N3O2. The Morgan fingerprint density at radius 2 is 2.21 bits per heavy atom. The molecule has 1 saturated carbocycles. The van der Waals surface area contributed by atoms with E-state index in [1.165, 1.54) is 12.7 Å². The van der Waals surface area contributed by atoms with Gasteiger partial charge in [0.05, 0.1) is 12.7 Å². The summed E-state index contributed by atoms with van der Waals surface area (Å²) in [5.74, 6) is 1.69. The zero-order valence-electron chi connectivity index (χ0n) is 11.5. The van der Waals surface area contributed by atoms with E-state index in [0.717, 1.165) is 38.0 Å². The molecule has 106 valence electrons. The van der Waals surface area contributed by atoms with Crippen molar-refractivity contribution in [3.8, 4) is 5.88 Å². The molecule has 1 aliphatic rings. The third-order valence-corrected chi connectivity index (χ3v) is 3.51. The summed E-state index contributed by atoms with van der Waals surface area (Å²) >= 11 is 0. The molecule has 1 aromatic heterocycles. The summed E-state index contributed by atoms with van der Waals surface area (Å²) < 4.78 is 5.47. The number of anilines is 1. The van der Waals surface area contributed by atoms with Crippen LogP contribution in [0.5, 0.6) is 5.88 Å². The minimum Gasteiger partial charge on any atom is -0.478 e. The molecule has 5 heteroatoms. The lowest BCUT2D eigenvalue weighted by Crippen LogP contribution is -2.30. The first-order chi connectivity index (χ1) is 9.29. The van der Waals surface area contributed by atoms with Crippen molar-refractivity contribution in [1.29, 1.82) is 0 Å². The predicted octanol–water partition coefficient (Wildman–Crippen LogP) is 2.23. The molecule has 2 rings (SSSR count). The average molecular weight is 265 g/mol. The molecule has 2 unspecified atom stereocenters. The van der Waals surface area contributed by atoms with Gasteiger partial charge in [0, 0.05) is 18.5 Å². The molecule has 0 bridgehead atoms. The van der Waals surface area contributed by atoms with E-state index >= 15 is 0 Å². The molecule has 1 aromatic rings. The molecule has 1 aliphatic carbocycles. The van der Waals surface area contributed by atoms with Crippen molar-refractivity contribution in [2.75, 3.05) is 18.5 Å². The second-order valence-electron chi connectivity index (χ2n) is 5.08. The summed E-state index contributed by atoms with van der Waals surface area (Å²) in [5, 5.41) is 13.2. The van der Waals surface area contributed by atoms with Gasteiger partial charge in [0.1, 0.15) is 12.1 Å². The minimum atomic E-state index is -0.182. The highest BCUT2D eigenvalue weighted by molar-refractivity contribution is 5.37. The van der Waals surface area contributed by atoms with Gasteiger partial charge >= 0.3 is 0 Å². The predicted molar refractivity (Wildman–Crippen MR) is 74.3 cm³/mol. The van der Waals surface area contributed by atoms with Crippen LogP contribution in [0.2, 0.25) is 0 Å². The molecule has 0 radical (unpaired) electrons. The fourth-order valence-electron chi connectivity index (χ4n) is 2.38. The van der Waals surface area contributed by atoms with Crippen molar-refractivity contribution in [3.63, 3.8) is 0 Å². The summed E-state index contributed by atoms with van der Waals surface area (Å²) in [4.78, 5) is 8.24. The maximum atomic E-state index is 9.92. The monoisotopic (exact) mass is 265 g/mol. The highest BCUT2D eigenvalue weighted by Gasteiger charge is 2.22. The molecule has 0 aromatic carbocycles. The standard InChI is InChI=1S/C14H23N3O2/c1-2-7-19-14-8-13(16-10-17-14)15-9-11-5-3-4-6-12(11)18/h8,10-12,18H,2-7,9H2,1H3,(H,15,16,17). The molecular weight excluding hydrogens is 242 g/mol. The second-order valence-corrected chi connectivity index (χ2v) is 5.08. The van der Waals surface area contributed by atoms with Gasteiger partial charge in [-0.2, -0.15) is 0 Å². The van der Waals surface area contributed by atoms with Crippen molar-refractivity contribution in [2.45, 2.75) is 45.1 Å². The Bertz CT molecular complexity index is 387. The summed E-state index contributed by atoms with van der Waals surface area (Å²) in [5.41, 5.74) is 0. The van der Waals surface area contributed by atoms with Crippen LogP contribution in [0, 0.1) is 5.92 Å². The fraction of sp³-hybridized carbons (Fsp3) is 0.714. The van der Waals surface area contributed by atoms with Crippen molar-refractivity contribution < 1.29 is 9.84 Å². The van der Waals surface area contributed by atoms with E-state index in [1.54, 1.807) is 0 Å². The van der Waals surface area contributed by atoms with E-state index in [1.807, 2.05) is 6.07 Å². The van der Waals surface area contributed by atoms with Crippen molar-refractivity contribution >= 4 is 5.82 Å². The summed E-state index contributed by atoms with van der Waals surface area (Å²) in [6, 6.07) is 1.81. The maximum absolute atomic E-state index is 9.92. The number of hydrogen-bond acceptors (Lipinski definition) is 5. The molecule has 0 aliphatic heterocycles. The van der Waals surface area contributed by atoms with Gasteiger partial charge in [0.15, 0.2) is 0 Å². The smallest absolute Gasteiger partial charge is 0.218 e. The van der Waals surface area contributed by atoms with E-state index in [2.05, 4.69) is 22.2 Å². The van der Waals surface area contributed by atoms with E-state index in [4.69, 9.17) is 4.74 Å². The first kappa shape index (κ1) is 14.1. The van der Waals surface area contributed by atoms with E-state index in [0.29, 0.717) is 18.4 Å². The number of nitrogens with zero attached hydrogens (tertiary/aromatic N) is 2. The Hall–Kier alpha value is -1.36. The SMILES string of the molecule is CCCOc1cc(NCC2CCCCC2O)ncn1. The molecule has 19 heavy (non-hydrogen) atoms. The first-order valence-corrected chi connectivity index (χ1v) is 7.16. The Morgan fingerprint density at radius 3 is 3.00 bits per heavy atom. The summed E-state index contributed by atoms with van der Waals surface area (Å²) in [6.07, 6.45) is 6.63. The van der Waals surface area contributed by atoms with Gasteiger partial charge in [0.25, 0.3) is 0 Å². The lowest BCUT2D eigenvalue weighted by atomic mass is 9.86. The molecule has 2 N–H and O–H groups in total. The summed E-state index contributed by atoms with van der Waals surface area (Å²) in [7, 11) is 0. The molecule has 0 saturated heterocycles. The number of ether oxygens (including phenoxy) is 1. The van der Waals surface area contributed by atoms with Crippen LogP contribution in [0.15, 0.2) is 12.4 Å². The average Bonchev–Trinajstić information content (AvgIpc) is 2.45. The van der Waals surface area contributed by atoms with Crippen LogP contribution in [0.3, 0.4) is 0 Å².